The molecule has 0 saturated carbocycles. The lowest BCUT2D eigenvalue weighted by atomic mass is 10.0. The minimum Gasteiger partial charge on any atom is -0.497 e. The van der Waals surface area contributed by atoms with Gasteiger partial charge in [-0.1, -0.05) is 23.4 Å². The Morgan fingerprint density at radius 2 is 2.07 bits per heavy atom. The number of fused-ring (bicyclic) bond motifs is 2. The van der Waals surface area contributed by atoms with E-state index in [1.54, 1.807) is 13.2 Å². The van der Waals surface area contributed by atoms with Crippen molar-refractivity contribution in [2.24, 2.45) is 10.1 Å². The third-order valence-electron chi connectivity index (χ3n) is 4.26. The Balaban J connectivity index is 1.86. The summed E-state index contributed by atoms with van der Waals surface area (Å²) in [6.07, 6.45) is 0. The number of methoxy groups -OCH3 is 1. The maximum absolute atomic E-state index is 11.2. The molecule has 0 spiro atoms. The van der Waals surface area contributed by atoms with Crippen LogP contribution >= 0.6 is 0 Å². The zero-order chi connectivity index (χ0) is 19.0. The third kappa shape index (κ3) is 2.93. The van der Waals surface area contributed by atoms with Crippen LogP contribution in [0.5, 0.6) is 11.6 Å². The molecule has 7 nitrogen and oxygen atoms in total. The third-order valence-corrected chi connectivity index (χ3v) is 4.26. The molecule has 0 bridgehead atoms. The van der Waals surface area contributed by atoms with E-state index in [4.69, 9.17) is 9.57 Å². The van der Waals surface area contributed by atoms with Crippen molar-refractivity contribution in [3.05, 3.63) is 53.6 Å². The molecule has 0 amide bonds. The number of Topliss-reactive ketones (excluding diaryl/α,β-unsaturated/α-hetero) is 1. The van der Waals surface area contributed by atoms with E-state index < -0.39 is 0 Å². The lowest BCUT2D eigenvalue weighted by molar-refractivity contribution is -0.121. The highest BCUT2D eigenvalue weighted by atomic mass is 16.6. The van der Waals surface area contributed by atoms with Gasteiger partial charge in [-0.25, -0.2) is 4.99 Å². The summed E-state index contributed by atoms with van der Waals surface area (Å²) in [5, 5.41) is 15.5. The lowest BCUT2D eigenvalue weighted by Gasteiger charge is -2.05. The Labute approximate surface area is 154 Å². The molecule has 0 unspecified atom stereocenters. The summed E-state index contributed by atoms with van der Waals surface area (Å²) in [5.41, 5.74) is 3.68. The predicted molar refractivity (Wildman–Crippen MR) is 102 cm³/mol. The largest absolute Gasteiger partial charge is 0.497 e. The van der Waals surface area contributed by atoms with Crippen molar-refractivity contribution in [3.63, 3.8) is 0 Å². The molecule has 0 saturated heterocycles. The number of oxime groups is 1. The summed E-state index contributed by atoms with van der Waals surface area (Å²) in [6.45, 7) is 1.30. The Hall–Kier alpha value is -3.61. The van der Waals surface area contributed by atoms with Gasteiger partial charge in [-0.2, -0.15) is 0 Å². The molecule has 1 aliphatic heterocycles. The standard InChI is InChI=1S/C20H17N3O4/c1-11(24)10-27-23-18-14-5-3-4-6-15(14)21-19(18)17-13-8-7-12(26-2)9-16(13)22-20(17)25/h3-9,22,25H,10H2,1-2H3/b23-18+. The van der Waals surface area contributed by atoms with Gasteiger partial charge in [0.25, 0.3) is 0 Å². The molecule has 2 aromatic carbocycles. The van der Waals surface area contributed by atoms with Crippen molar-refractivity contribution in [2.45, 2.75) is 6.92 Å². The molecule has 2 N–H and O–H groups in total. The first-order valence-corrected chi connectivity index (χ1v) is 8.35. The fourth-order valence-electron chi connectivity index (χ4n) is 3.06. The Kier molecular flexibility index (Phi) is 4.12. The number of hydrogen-bond acceptors (Lipinski definition) is 6. The molecule has 0 fully saturated rings. The number of aliphatic imine (C=N–C) groups is 1. The number of H-pyrrole nitrogens is 1. The molecule has 27 heavy (non-hydrogen) atoms. The fourth-order valence-corrected chi connectivity index (χ4v) is 3.06. The molecule has 1 aliphatic rings. The van der Waals surface area contributed by atoms with Gasteiger partial charge >= 0.3 is 0 Å². The van der Waals surface area contributed by atoms with Gasteiger partial charge in [0.05, 0.1) is 23.9 Å². The van der Waals surface area contributed by atoms with Crippen molar-refractivity contribution < 1.29 is 19.5 Å². The van der Waals surface area contributed by atoms with E-state index in [1.807, 2.05) is 36.4 Å². The highest BCUT2D eigenvalue weighted by Gasteiger charge is 2.29. The smallest absolute Gasteiger partial charge is 0.199 e. The SMILES string of the molecule is COc1ccc2c(C3=Nc4ccccc4/C3=N\OCC(C)=O)c(O)[nH]c2c1. The van der Waals surface area contributed by atoms with E-state index in [9.17, 15) is 9.90 Å². The molecular formula is C20H17N3O4. The number of nitrogens with one attached hydrogen (secondary N) is 1. The zero-order valence-corrected chi connectivity index (χ0v) is 14.8. The molecular weight excluding hydrogens is 346 g/mol. The average Bonchev–Trinajstić information content (AvgIpc) is 3.17. The topological polar surface area (TPSA) is 96.3 Å². The van der Waals surface area contributed by atoms with E-state index in [2.05, 4.69) is 15.1 Å². The summed E-state index contributed by atoms with van der Waals surface area (Å²) < 4.78 is 5.24. The van der Waals surface area contributed by atoms with E-state index in [0.717, 1.165) is 16.6 Å². The van der Waals surface area contributed by atoms with Gasteiger partial charge in [0.15, 0.2) is 18.3 Å². The monoisotopic (exact) mass is 363 g/mol. The second kappa shape index (κ2) is 6.60. The Morgan fingerprint density at radius 1 is 1.26 bits per heavy atom. The van der Waals surface area contributed by atoms with Gasteiger partial charge in [-0.15, -0.1) is 0 Å². The van der Waals surface area contributed by atoms with Gasteiger partial charge < -0.3 is 19.7 Å². The Bertz CT molecular complexity index is 1110. The van der Waals surface area contributed by atoms with Crippen LogP contribution in [0.3, 0.4) is 0 Å². The molecule has 0 aliphatic carbocycles. The number of carbonyl (C=O) groups excluding carboxylic acids is 1. The Morgan fingerprint density at radius 3 is 2.85 bits per heavy atom. The van der Waals surface area contributed by atoms with Crippen LogP contribution in [0.1, 0.15) is 18.1 Å². The fraction of sp³-hybridized carbons (Fsp3) is 0.150. The highest BCUT2D eigenvalue weighted by Crippen LogP contribution is 2.36. The van der Waals surface area contributed by atoms with Crippen LogP contribution in [0.2, 0.25) is 0 Å². The van der Waals surface area contributed by atoms with Crippen molar-refractivity contribution >= 4 is 33.8 Å². The molecule has 3 aromatic rings. The second-order valence-corrected chi connectivity index (χ2v) is 6.15. The van der Waals surface area contributed by atoms with Gasteiger partial charge in [-0.3, -0.25) is 4.79 Å². The van der Waals surface area contributed by atoms with Gasteiger partial charge in [0.1, 0.15) is 17.2 Å². The summed E-state index contributed by atoms with van der Waals surface area (Å²) in [4.78, 5) is 24.0. The highest BCUT2D eigenvalue weighted by molar-refractivity contribution is 6.58. The first-order chi connectivity index (χ1) is 13.1. The lowest BCUT2D eigenvalue weighted by Crippen LogP contribution is -2.14. The van der Waals surface area contributed by atoms with Crippen LogP contribution in [0.4, 0.5) is 5.69 Å². The van der Waals surface area contributed by atoms with Crippen LogP contribution in [0.25, 0.3) is 10.9 Å². The number of para-hydroxylation sites is 1. The number of ketones is 1. The van der Waals surface area contributed by atoms with Crippen molar-refractivity contribution in [2.75, 3.05) is 13.7 Å². The van der Waals surface area contributed by atoms with Crippen molar-refractivity contribution in [1.29, 1.82) is 0 Å². The molecule has 2 heterocycles. The number of carbonyl (C=O) groups is 1. The molecule has 0 radical (unpaired) electrons. The molecule has 1 aromatic heterocycles. The number of ether oxygens (including phenoxy) is 1. The normalized spacial score (nSPS) is 14.3. The quantitative estimate of drug-likeness (QED) is 0.680. The summed E-state index contributed by atoms with van der Waals surface area (Å²) >= 11 is 0. The first kappa shape index (κ1) is 16.8. The van der Waals surface area contributed by atoms with Gasteiger partial charge in [0, 0.05) is 17.0 Å². The number of rotatable bonds is 5. The average molecular weight is 363 g/mol. The summed E-state index contributed by atoms with van der Waals surface area (Å²) in [7, 11) is 1.58. The van der Waals surface area contributed by atoms with Crippen LogP contribution in [-0.2, 0) is 9.63 Å². The van der Waals surface area contributed by atoms with Gasteiger partial charge in [-0.05, 0) is 25.1 Å². The molecule has 4 rings (SSSR count). The first-order valence-electron chi connectivity index (χ1n) is 8.35. The number of hydrogen-bond donors (Lipinski definition) is 2. The maximum atomic E-state index is 11.2. The summed E-state index contributed by atoms with van der Waals surface area (Å²) in [6, 6.07) is 12.9. The van der Waals surface area contributed by atoms with Crippen LogP contribution in [0.15, 0.2) is 52.6 Å². The maximum Gasteiger partial charge on any atom is 0.199 e. The minimum atomic E-state index is -0.133. The number of aromatic nitrogens is 1. The number of nitrogens with zero attached hydrogens (tertiary/aromatic N) is 2. The molecule has 136 valence electrons. The number of aromatic amines is 1. The van der Waals surface area contributed by atoms with E-state index in [0.29, 0.717) is 28.3 Å². The molecule has 7 heteroatoms. The van der Waals surface area contributed by atoms with Crippen LogP contribution < -0.4 is 4.74 Å². The predicted octanol–water partition coefficient (Wildman–Crippen LogP) is 3.33. The molecule has 0 atom stereocenters. The van der Waals surface area contributed by atoms with Crippen LogP contribution in [-0.4, -0.2) is 41.0 Å². The van der Waals surface area contributed by atoms with E-state index in [-0.39, 0.29) is 18.3 Å². The number of aromatic hydroxyl groups is 1. The van der Waals surface area contributed by atoms with Crippen molar-refractivity contribution in [3.8, 4) is 11.6 Å². The second-order valence-electron chi connectivity index (χ2n) is 6.15. The minimum absolute atomic E-state index is 0.0240. The van der Waals surface area contributed by atoms with Crippen LogP contribution in [0, 0.1) is 0 Å². The van der Waals surface area contributed by atoms with Gasteiger partial charge in [0.2, 0.25) is 0 Å². The number of benzene rings is 2. The summed E-state index contributed by atoms with van der Waals surface area (Å²) in [5.74, 6) is 0.515. The van der Waals surface area contributed by atoms with E-state index >= 15 is 0 Å². The van der Waals surface area contributed by atoms with E-state index in [1.165, 1.54) is 6.92 Å². The van der Waals surface area contributed by atoms with Crippen molar-refractivity contribution in [1.82, 2.24) is 4.98 Å². The zero-order valence-electron chi connectivity index (χ0n) is 14.8.